The molecule has 0 spiro atoms. The highest BCUT2D eigenvalue weighted by molar-refractivity contribution is 5.79. The fourth-order valence-corrected chi connectivity index (χ4v) is 3.81. The van der Waals surface area contributed by atoms with Crippen LogP contribution >= 0.6 is 0 Å². The molecular formula is C17H18. The Bertz CT molecular complexity index is 656. The van der Waals surface area contributed by atoms with Gasteiger partial charge in [-0.15, -0.1) is 0 Å². The van der Waals surface area contributed by atoms with E-state index < -0.39 is 0 Å². The van der Waals surface area contributed by atoms with Gasteiger partial charge in [-0.1, -0.05) is 29.4 Å². The summed E-state index contributed by atoms with van der Waals surface area (Å²) >= 11 is 0. The summed E-state index contributed by atoms with van der Waals surface area (Å²) in [6.07, 6.45) is 10.3. The molecule has 0 heteroatoms. The lowest BCUT2D eigenvalue weighted by molar-refractivity contribution is 0.711. The first-order valence-electron chi connectivity index (χ1n) is 6.88. The van der Waals surface area contributed by atoms with E-state index in [1.54, 1.807) is 33.1 Å². The van der Waals surface area contributed by atoms with Crippen molar-refractivity contribution in [1.29, 1.82) is 0 Å². The fraction of sp³-hybridized carbons (Fsp3) is 0.412. The third kappa shape index (κ3) is 1.24. The van der Waals surface area contributed by atoms with Gasteiger partial charge in [-0.3, -0.25) is 0 Å². The predicted octanol–water partition coefficient (Wildman–Crippen LogP) is 2.93. The summed E-state index contributed by atoms with van der Waals surface area (Å²) < 4.78 is 0. The average Bonchev–Trinajstić information content (AvgIpc) is 2.90. The fourth-order valence-electron chi connectivity index (χ4n) is 3.81. The van der Waals surface area contributed by atoms with Crippen molar-refractivity contribution in [2.24, 2.45) is 0 Å². The van der Waals surface area contributed by atoms with Crippen LogP contribution in [0.3, 0.4) is 0 Å². The number of allylic oxidation sites excluding steroid dienone is 2. The molecule has 0 saturated heterocycles. The smallest absolute Gasteiger partial charge is 0.00548 e. The number of fused-ring (bicyclic) bond motifs is 4. The zero-order valence-corrected chi connectivity index (χ0v) is 10.5. The molecule has 1 aromatic rings. The maximum Gasteiger partial charge on any atom is -0.00548 e. The lowest BCUT2D eigenvalue weighted by Crippen LogP contribution is -2.27. The van der Waals surface area contributed by atoms with Crippen molar-refractivity contribution < 1.29 is 0 Å². The van der Waals surface area contributed by atoms with E-state index in [9.17, 15) is 0 Å². The molecule has 0 unspecified atom stereocenters. The van der Waals surface area contributed by atoms with Gasteiger partial charge in [0, 0.05) is 0 Å². The zero-order chi connectivity index (χ0) is 11.4. The third-order valence-corrected chi connectivity index (χ3v) is 4.69. The molecule has 0 atom stereocenters. The molecule has 0 heterocycles. The van der Waals surface area contributed by atoms with Gasteiger partial charge in [-0.05, 0) is 72.6 Å². The molecule has 0 bridgehead atoms. The lowest BCUT2D eigenvalue weighted by Gasteiger charge is -2.14. The monoisotopic (exact) mass is 222 g/mol. The van der Waals surface area contributed by atoms with Gasteiger partial charge in [0.25, 0.3) is 0 Å². The quantitative estimate of drug-likeness (QED) is 0.633. The molecule has 1 aromatic carbocycles. The molecule has 0 N–H and O–H groups in total. The van der Waals surface area contributed by atoms with E-state index in [0.29, 0.717) is 0 Å². The summed E-state index contributed by atoms with van der Waals surface area (Å²) in [7, 11) is 0. The van der Waals surface area contributed by atoms with Gasteiger partial charge in [0.2, 0.25) is 0 Å². The van der Waals surface area contributed by atoms with E-state index in [0.717, 1.165) is 6.42 Å². The van der Waals surface area contributed by atoms with Gasteiger partial charge >= 0.3 is 0 Å². The molecule has 0 aliphatic heterocycles. The third-order valence-electron chi connectivity index (χ3n) is 4.69. The summed E-state index contributed by atoms with van der Waals surface area (Å²) in [5.74, 6) is 0. The van der Waals surface area contributed by atoms with Crippen LogP contribution in [0, 0.1) is 0 Å². The van der Waals surface area contributed by atoms with Crippen LogP contribution in [0.1, 0.15) is 50.2 Å². The number of hydrogen-bond acceptors (Lipinski definition) is 0. The first-order chi connectivity index (χ1) is 8.34. The van der Waals surface area contributed by atoms with Gasteiger partial charge in [-0.2, -0.15) is 0 Å². The van der Waals surface area contributed by atoms with E-state index in [2.05, 4.69) is 25.1 Å². The Morgan fingerprint density at radius 1 is 1.06 bits per heavy atom. The van der Waals surface area contributed by atoms with Crippen molar-refractivity contribution in [2.45, 2.75) is 45.4 Å². The van der Waals surface area contributed by atoms with Gasteiger partial charge in [0.15, 0.2) is 0 Å². The maximum atomic E-state index is 2.45. The minimum absolute atomic E-state index is 1.16. The summed E-state index contributed by atoms with van der Waals surface area (Å²) in [5, 5.41) is 3.08. The van der Waals surface area contributed by atoms with E-state index >= 15 is 0 Å². The van der Waals surface area contributed by atoms with E-state index in [-0.39, 0.29) is 0 Å². The van der Waals surface area contributed by atoms with Crippen LogP contribution in [0.25, 0.3) is 17.2 Å². The Labute approximate surface area is 102 Å². The van der Waals surface area contributed by atoms with Crippen LogP contribution in [0.5, 0.6) is 0 Å². The Balaban J connectivity index is 2.06. The minimum Gasteiger partial charge on any atom is -0.0720 e. The average molecular weight is 222 g/mol. The second-order valence-corrected chi connectivity index (χ2v) is 5.72. The Kier molecular flexibility index (Phi) is 1.91. The molecule has 3 aliphatic rings. The normalized spacial score (nSPS) is 21.1. The molecule has 0 aromatic heterocycles. The zero-order valence-electron chi connectivity index (χ0n) is 10.5. The summed E-state index contributed by atoms with van der Waals surface area (Å²) in [4.78, 5) is 0. The SMILES string of the molecule is CC1=c2ccc3c(c2=CC1)C1=C(CCCC1)C3. The molecular weight excluding hydrogens is 204 g/mol. The Morgan fingerprint density at radius 3 is 2.88 bits per heavy atom. The first-order valence-corrected chi connectivity index (χ1v) is 6.88. The van der Waals surface area contributed by atoms with Crippen molar-refractivity contribution in [1.82, 2.24) is 0 Å². The Hall–Kier alpha value is -1.30. The van der Waals surface area contributed by atoms with E-state index in [4.69, 9.17) is 0 Å². The largest absolute Gasteiger partial charge is 0.0720 e. The van der Waals surface area contributed by atoms with Crippen molar-refractivity contribution >= 4 is 17.2 Å². The molecule has 0 amide bonds. The summed E-state index contributed by atoms with van der Waals surface area (Å²) in [6, 6.07) is 4.74. The van der Waals surface area contributed by atoms with Crippen molar-refractivity contribution in [3.63, 3.8) is 0 Å². The summed E-state index contributed by atoms with van der Waals surface area (Å²) in [6.45, 7) is 2.28. The van der Waals surface area contributed by atoms with E-state index in [1.165, 1.54) is 37.3 Å². The van der Waals surface area contributed by atoms with Crippen molar-refractivity contribution in [3.05, 3.63) is 39.3 Å². The van der Waals surface area contributed by atoms with Crippen molar-refractivity contribution in [2.75, 3.05) is 0 Å². The van der Waals surface area contributed by atoms with Crippen LogP contribution in [0.15, 0.2) is 17.7 Å². The van der Waals surface area contributed by atoms with Gasteiger partial charge in [-0.25, -0.2) is 0 Å². The predicted molar refractivity (Wildman–Crippen MR) is 72.9 cm³/mol. The number of hydrogen-bond donors (Lipinski definition) is 0. The lowest BCUT2D eigenvalue weighted by atomic mass is 9.91. The minimum atomic E-state index is 1.16. The molecule has 0 saturated carbocycles. The number of benzene rings is 1. The van der Waals surface area contributed by atoms with Crippen LogP contribution in [-0.2, 0) is 6.42 Å². The van der Waals surface area contributed by atoms with Crippen LogP contribution in [0.4, 0.5) is 0 Å². The highest BCUT2D eigenvalue weighted by atomic mass is 14.3. The molecule has 3 aliphatic carbocycles. The maximum absolute atomic E-state index is 2.45. The summed E-state index contributed by atoms with van der Waals surface area (Å²) in [5.41, 5.74) is 8.25. The molecule has 4 rings (SSSR count). The second kappa shape index (κ2) is 3.35. The molecule has 0 radical (unpaired) electrons. The van der Waals surface area contributed by atoms with Crippen LogP contribution < -0.4 is 10.4 Å². The highest BCUT2D eigenvalue weighted by Crippen LogP contribution is 2.39. The standard InChI is InChI=1S/C17H18/c1-11-6-8-16-14(11)9-7-13-10-12-4-2-3-5-15(12)17(13)16/h7-9H,2-6,10H2,1H3. The molecule has 0 fully saturated rings. The number of rotatable bonds is 0. The highest BCUT2D eigenvalue weighted by Gasteiger charge is 2.25. The molecule has 86 valence electrons. The van der Waals surface area contributed by atoms with Gasteiger partial charge in [0.05, 0.1) is 0 Å². The van der Waals surface area contributed by atoms with Crippen LogP contribution in [0.2, 0.25) is 0 Å². The van der Waals surface area contributed by atoms with E-state index in [1.807, 2.05) is 0 Å². The molecule has 17 heavy (non-hydrogen) atoms. The Morgan fingerprint density at radius 2 is 1.94 bits per heavy atom. The first kappa shape index (κ1) is 9.70. The van der Waals surface area contributed by atoms with Crippen LogP contribution in [-0.4, -0.2) is 0 Å². The second-order valence-electron chi connectivity index (χ2n) is 5.72. The van der Waals surface area contributed by atoms with Gasteiger partial charge < -0.3 is 0 Å². The molecule has 0 nitrogen and oxygen atoms in total. The van der Waals surface area contributed by atoms with Crippen molar-refractivity contribution in [3.8, 4) is 0 Å². The van der Waals surface area contributed by atoms with Gasteiger partial charge in [0.1, 0.15) is 0 Å². The topological polar surface area (TPSA) is 0 Å².